The Morgan fingerprint density at radius 3 is 2.43 bits per heavy atom. The number of anilines is 2. The highest BCUT2D eigenvalue weighted by atomic mass is 19.1. The van der Waals surface area contributed by atoms with Gasteiger partial charge >= 0.3 is 0 Å². The van der Waals surface area contributed by atoms with Gasteiger partial charge in [0, 0.05) is 12.2 Å². The number of para-hydroxylation sites is 2. The van der Waals surface area contributed by atoms with Crippen LogP contribution in [0, 0.1) is 5.82 Å². The largest absolute Gasteiger partial charge is 0.395 e. The maximum atomic E-state index is 13.5. The van der Waals surface area contributed by atoms with Gasteiger partial charge in [0.25, 0.3) is 0 Å². The summed E-state index contributed by atoms with van der Waals surface area (Å²) in [6.07, 6.45) is 0. The summed E-state index contributed by atoms with van der Waals surface area (Å²) in [5.74, 6) is -0.809. The number of halogens is 1. The molecule has 2 aromatic rings. The summed E-state index contributed by atoms with van der Waals surface area (Å²) in [5.41, 5.74) is 0.981. The Hall–Kier alpha value is -2.40. The van der Waals surface area contributed by atoms with E-state index >= 15 is 0 Å². The van der Waals surface area contributed by atoms with Gasteiger partial charge in [-0.05, 0) is 24.3 Å². The third kappa shape index (κ3) is 4.29. The van der Waals surface area contributed by atoms with Crippen molar-refractivity contribution in [2.24, 2.45) is 0 Å². The van der Waals surface area contributed by atoms with Crippen molar-refractivity contribution in [3.63, 3.8) is 0 Å². The predicted molar refractivity (Wildman–Crippen MR) is 80.8 cm³/mol. The molecule has 0 fully saturated rings. The Kier molecular flexibility index (Phi) is 5.29. The molecule has 0 aliphatic rings. The summed E-state index contributed by atoms with van der Waals surface area (Å²) in [5, 5.41) is 11.6. The third-order valence-electron chi connectivity index (χ3n) is 2.97. The summed E-state index contributed by atoms with van der Waals surface area (Å²) >= 11 is 0. The Bertz CT molecular complexity index is 590. The molecule has 0 unspecified atom stereocenters. The van der Waals surface area contributed by atoms with Crippen molar-refractivity contribution in [3.8, 4) is 0 Å². The smallest absolute Gasteiger partial charge is 0.243 e. The van der Waals surface area contributed by atoms with E-state index in [0.29, 0.717) is 6.54 Å². The van der Waals surface area contributed by atoms with Gasteiger partial charge in [0.05, 0.1) is 18.8 Å². The van der Waals surface area contributed by atoms with Crippen LogP contribution in [0.15, 0.2) is 54.6 Å². The molecule has 0 aliphatic heterocycles. The van der Waals surface area contributed by atoms with Crippen LogP contribution in [0.25, 0.3) is 0 Å². The summed E-state index contributed by atoms with van der Waals surface area (Å²) in [6.45, 7) is 0.301. The van der Waals surface area contributed by atoms with E-state index in [9.17, 15) is 9.18 Å². The number of rotatable bonds is 6. The molecular formula is C16H17FN2O2. The quantitative estimate of drug-likeness (QED) is 0.857. The molecule has 0 spiro atoms. The molecule has 0 saturated carbocycles. The van der Waals surface area contributed by atoms with Crippen LogP contribution in [-0.4, -0.2) is 30.7 Å². The van der Waals surface area contributed by atoms with Gasteiger partial charge in [-0.2, -0.15) is 0 Å². The van der Waals surface area contributed by atoms with Gasteiger partial charge in [0.1, 0.15) is 5.82 Å². The molecular weight excluding hydrogens is 271 g/mol. The molecule has 0 bridgehead atoms. The number of carbonyl (C=O) groups is 1. The third-order valence-corrected chi connectivity index (χ3v) is 2.97. The van der Waals surface area contributed by atoms with Crippen molar-refractivity contribution in [1.82, 2.24) is 0 Å². The SMILES string of the molecule is O=C(CN(CCO)c1ccccc1)Nc1ccccc1F. The number of aliphatic hydroxyl groups excluding tert-OH is 1. The number of nitrogens with one attached hydrogen (secondary N) is 1. The number of hydrogen-bond donors (Lipinski definition) is 2. The number of amides is 1. The highest BCUT2D eigenvalue weighted by molar-refractivity contribution is 5.94. The molecule has 5 heteroatoms. The van der Waals surface area contributed by atoms with Crippen LogP contribution in [0.2, 0.25) is 0 Å². The predicted octanol–water partition coefficient (Wildman–Crippen LogP) is 2.26. The number of carbonyl (C=O) groups excluding carboxylic acids is 1. The highest BCUT2D eigenvalue weighted by Crippen LogP contribution is 2.15. The zero-order chi connectivity index (χ0) is 15.1. The highest BCUT2D eigenvalue weighted by Gasteiger charge is 2.12. The molecule has 2 N–H and O–H groups in total. The first kappa shape index (κ1) is 15.0. The van der Waals surface area contributed by atoms with Gasteiger partial charge in [-0.25, -0.2) is 4.39 Å². The maximum absolute atomic E-state index is 13.5. The van der Waals surface area contributed by atoms with Crippen molar-refractivity contribution >= 4 is 17.3 Å². The fraction of sp³-hybridized carbons (Fsp3) is 0.188. The van der Waals surface area contributed by atoms with Crippen molar-refractivity contribution in [3.05, 3.63) is 60.4 Å². The molecule has 0 atom stereocenters. The van der Waals surface area contributed by atoms with Crippen LogP contribution < -0.4 is 10.2 Å². The van der Waals surface area contributed by atoms with Gasteiger partial charge in [-0.1, -0.05) is 30.3 Å². The lowest BCUT2D eigenvalue weighted by Crippen LogP contribution is -2.35. The molecule has 21 heavy (non-hydrogen) atoms. The van der Waals surface area contributed by atoms with Crippen molar-refractivity contribution in [2.45, 2.75) is 0 Å². The van der Waals surface area contributed by atoms with E-state index in [1.807, 2.05) is 30.3 Å². The first-order valence-corrected chi connectivity index (χ1v) is 6.66. The van der Waals surface area contributed by atoms with E-state index in [4.69, 9.17) is 5.11 Å². The molecule has 0 aliphatic carbocycles. The molecule has 0 aromatic heterocycles. The molecule has 110 valence electrons. The standard InChI is InChI=1S/C16H17FN2O2/c17-14-8-4-5-9-15(14)18-16(21)12-19(10-11-20)13-6-2-1-3-7-13/h1-9,20H,10-12H2,(H,18,21). The second-order valence-corrected chi connectivity index (χ2v) is 4.51. The Balaban J connectivity index is 2.04. The lowest BCUT2D eigenvalue weighted by atomic mass is 10.2. The Morgan fingerprint density at radius 1 is 1.10 bits per heavy atom. The van der Waals surface area contributed by atoms with Gasteiger partial charge < -0.3 is 15.3 Å². The van der Waals surface area contributed by atoms with Crippen molar-refractivity contribution in [1.29, 1.82) is 0 Å². The van der Waals surface area contributed by atoms with Crippen LogP contribution in [0.1, 0.15) is 0 Å². The van der Waals surface area contributed by atoms with E-state index in [-0.39, 0.29) is 24.7 Å². The molecule has 2 aromatic carbocycles. The summed E-state index contributed by atoms with van der Waals surface area (Å²) in [7, 11) is 0. The fourth-order valence-corrected chi connectivity index (χ4v) is 1.98. The minimum absolute atomic E-state index is 0.0406. The topological polar surface area (TPSA) is 52.6 Å². The van der Waals surface area contributed by atoms with E-state index < -0.39 is 5.82 Å². The molecule has 1 amide bonds. The van der Waals surface area contributed by atoms with E-state index in [1.54, 1.807) is 17.0 Å². The fourth-order valence-electron chi connectivity index (χ4n) is 1.98. The Morgan fingerprint density at radius 2 is 1.76 bits per heavy atom. The van der Waals surface area contributed by atoms with Crippen molar-refractivity contribution in [2.75, 3.05) is 29.9 Å². The van der Waals surface area contributed by atoms with Crippen LogP contribution in [-0.2, 0) is 4.79 Å². The van der Waals surface area contributed by atoms with Crippen LogP contribution >= 0.6 is 0 Å². The zero-order valence-electron chi connectivity index (χ0n) is 11.5. The Labute approximate surface area is 122 Å². The minimum Gasteiger partial charge on any atom is -0.395 e. The van der Waals surface area contributed by atoms with Crippen LogP contribution in [0.4, 0.5) is 15.8 Å². The average molecular weight is 288 g/mol. The second-order valence-electron chi connectivity index (χ2n) is 4.51. The summed E-state index contributed by atoms with van der Waals surface area (Å²) in [6, 6.07) is 15.3. The molecule has 0 radical (unpaired) electrons. The van der Waals surface area contributed by atoms with E-state index in [2.05, 4.69) is 5.32 Å². The number of benzene rings is 2. The summed E-state index contributed by atoms with van der Waals surface area (Å²) in [4.78, 5) is 13.8. The normalized spacial score (nSPS) is 10.2. The van der Waals surface area contributed by atoms with Crippen molar-refractivity contribution < 1.29 is 14.3 Å². The molecule has 2 rings (SSSR count). The minimum atomic E-state index is -0.473. The first-order chi connectivity index (χ1) is 10.2. The first-order valence-electron chi connectivity index (χ1n) is 6.66. The van der Waals surface area contributed by atoms with Gasteiger partial charge in [-0.15, -0.1) is 0 Å². The van der Waals surface area contributed by atoms with Crippen LogP contribution in [0.5, 0.6) is 0 Å². The second kappa shape index (κ2) is 7.40. The van der Waals surface area contributed by atoms with Crippen LogP contribution in [0.3, 0.4) is 0 Å². The van der Waals surface area contributed by atoms with Gasteiger partial charge in [0.15, 0.2) is 0 Å². The molecule has 4 nitrogen and oxygen atoms in total. The summed E-state index contributed by atoms with van der Waals surface area (Å²) < 4.78 is 13.5. The lowest BCUT2D eigenvalue weighted by Gasteiger charge is -2.23. The lowest BCUT2D eigenvalue weighted by molar-refractivity contribution is -0.115. The number of hydrogen-bond acceptors (Lipinski definition) is 3. The van der Waals surface area contributed by atoms with E-state index in [0.717, 1.165) is 5.69 Å². The molecule has 0 heterocycles. The molecule has 0 saturated heterocycles. The zero-order valence-corrected chi connectivity index (χ0v) is 11.5. The maximum Gasteiger partial charge on any atom is 0.243 e. The van der Waals surface area contributed by atoms with Gasteiger partial charge in [-0.3, -0.25) is 4.79 Å². The van der Waals surface area contributed by atoms with Gasteiger partial charge in [0.2, 0.25) is 5.91 Å². The number of aliphatic hydroxyl groups is 1. The average Bonchev–Trinajstić information content (AvgIpc) is 2.50. The number of nitrogens with zero attached hydrogens (tertiary/aromatic N) is 1. The van der Waals surface area contributed by atoms with E-state index in [1.165, 1.54) is 12.1 Å². The monoisotopic (exact) mass is 288 g/mol.